The van der Waals surface area contributed by atoms with E-state index in [4.69, 9.17) is 5.11 Å². The zero-order valence-electron chi connectivity index (χ0n) is 7.54. The lowest BCUT2D eigenvalue weighted by Crippen LogP contribution is -2.35. The molecule has 1 heterocycles. The first kappa shape index (κ1) is 10.3. The molecule has 0 saturated carbocycles. The van der Waals surface area contributed by atoms with Gasteiger partial charge in [0.15, 0.2) is 0 Å². The second-order valence-electron chi connectivity index (χ2n) is 2.71. The topological polar surface area (TPSA) is 96.6 Å². The molecule has 7 nitrogen and oxygen atoms in total. The molecule has 0 aromatic carbocycles. The first-order chi connectivity index (χ1) is 6.67. The standard InChI is InChI=1S/C7H10N4O3/c1-8-6(7(12)13)2-5-3-11(10-14)4-9-5/h3-4,6,8H,2H2,1H3,(H,12,13). The molecule has 1 aromatic heterocycles. The summed E-state index contributed by atoms with van der Waals surface area (Å²) in [6, 6.07) is -0.704. The Balaban J connectivity index is 2.66. The fraction of sp³-hybridized carbons (Fsp3) is 0.429. The summed E-state index contributed by atoms with van der Waals surface area (Å²) >= 11 is 0. The number of hydrogen-bond donors (Lipinski definition) is 2. The summed E-state index contributed by atoms with van der Waals surface area (Å²) in [6.45, 7) is 0. The van der Waals surface area contributed by atoms with Crippen molar-refractivity contribution in [1.82, 2.24) is 15.0 Å². The van der Waals surface area contributed by atoms with Gasteiger partial charge in [0, 0.05) is 6.42 Å². The highest BCUT2D eigenvalue weighted by Crippen LogP contribution is 2.00. The Bertz CT molecular complexity index is 335. The molecule has 0 aliphatic heterocycles. The highest BCUT2D eigenvalue weighted by molar-refractivity contribution is 5.73. The number of aliphatic carboxylic acids is 1. The van der Waals surface area contributed by atoms with Gasteiger partial charge in [-0.25, -0.2) is 4.98 Å². The molecule has 1 atom stereocenters. The van der Waals surface area contributed by atoms with Gasteiger partial charge in [0.1, 0.15) is 12.4 Å². The number of carbonyl (C=O) groups is 1. The maximum atomic E-state index is 10.6. The lowest BCUT2D eigenvalue weighted by atomic mass is 10.2. The minimum Gasteiger partial charge on any atom is -0.480 e. The molecule has 0 saturated heterocycles. The van der Waals surface area contributed by atoms with Crippen LogP contribution in [0.5, 0.6) is 0 Å². The third kappa shape index (κ3) is 2.36. The number of rotatable bonds is 5. The van der Waals surface area contributed by atoms with Crippen molar-refractivity contribution in [3.8, 4) is 0 Å². The monoisotopic (exact) mass is 198 g/mol. The van der Waals surface area contributed by atoms with Gasteiger partial charge in [0.05, 0.1) is 17.2 Å². The van der Waals surface area contributed by atoms with Crippen LogP contribution in [0.4, 0.5) is 0 Å². The second-order valence-corrected chi connectivity index (χ2v) is 2.71. The summed E-state index contributed by atoms with van der Waals surface area (Å²) in [7, 11) is 1.55. The molecular weight excluding hydrogens is 188 g/mol. The summed E-state index contributed by atoms with van der Waals surface area (Å²) in [4.78, 5) is 24.5. The largest absolute Gasteiger partial charge is 0.480 e. The number of nitrogens with one attached hydrogen (secondary N) is 1. The van der Waals surface area contributed by atoms with Crippen molar-refractivity contribution >= 4 is 5.97 Å². The summed E-state index contributed by atoms with van der Waals surface area (Å²) in [5, 5.41) is 13.9. The van der Waals surface area contributed by atoms with Crippen LogP contribution in [-0.4, -0.2) is 33.8 Å². The molecule has 1 rings (SSSR count). The van der Waals surface area contributed by atoms with E-state index in [1.54, 1.807) is 7.05 Å². The van der Waals surface area contributed by atoms with Crippen LogP contribution in [0.15, 0.2) is 17.8 Å². The number of nitroso groups, excluding NO2 is 1. The van der Waals surface area contributed by atoms with E-state index in [1.807, 2.05) is 0 Å². The lowest BCUT2D eigenvalue weighted by Gasteiger charge is -2.07. The Kier molecular flexibility index (Phi) is 3.29. The average Bonchev–Trinajstić information content (AvgIpc) is 2.61. The maximum Gasteiger partial charge on any atom is 0.321 e. The van der Waals surface area contributed by atoms with Crippen molar-refractivity contribution in [2.45, 2.75) is 12.5 Å². The average molecular weight is 198 g/mol. The SMILES string of the molecule is CNC(Cc1cn(N=O)cn1)C(=O)O. The number of likely N-dealkylation sites (N-methyl/N-ethyl adjacent to an activating group) is 1. The van der Waals surface area contributed by atoms with Gasteiger partial charge in [0.2, 0.25) is 0 Å². The Morgan fingerprint density at radius 2 is 2.57 bits per heavy atom. The second kappa shape index (κ2) is 4.47. The quantitative estimate of drug-likeness (QED) is 0.629. The van der Waals surface area contributed by atoms with Crippen LogP contribution in [0.1, 0.15) is 5.69 Å². The fourth-order valence-electron chi connectivity index (χ4n) is 1.02. The molecule has 0 aliphatic rings. The van der Waals surface area contributed by atoms with E-state index in [0.717, 1.165) is 4.68 Å². The van der Waals surface area contributed by atoms with Crippen molar-refractivity contribution < 1.29 is 9.90 Å². The van der Waals surface area contributed by atoms with Crippen LogP contribution in [0.2, 0.25) is 0 Å². The molecule has 0 aliphatic carbocycles. The summed E-state index contributed by atoms with van der Waals surface area (Å²) in [5.41, 5.74) is 0.506. The van der Waals surface area contributed by atoms with Crippen LogP contribution in [0.3, 0.4) is 0 Å². The van der Waals surface area contributed by atoms with Crippen LogP contribution >= 0.6 is 0 Å². The van der Waals surface area contributed by atoms with Gasteiger partial charge >= 0.3 is 5.97 Å². The third-order valence-corrected chi connectivity index (χ3v) is 1.78. The fourth-order valence-corrected chi connectivity index (χ4v) is 1.02. The molecule has 2 N–H and O–H groups in total. The molecule has 1 unspecified atom stereocenters. The number of carboxylic acids is 1. The molecule has 0 spiro atoms. The summed E-state index contributed by atoms with van der Waals surface area (Å²) in [5.74, 6) is -0.957. The van der Waals surface area contributed by atoms with Gasteiger partial charge in [-0.3, -0.25) is 4.79 Å². The summed E-state index contributed by atoms with van der Waals surface area (Å²) < 4.78 is 0.990. The van der Waals surface area contributed by atoms with Gasteiger partial charge in [-0.2, -0.15) is 4.68 Å². The number of nitrogens with zero attached hydrogens (tertiary/aromatic N) is 3. The van der Waals surface area contributed by atoms with Crippen molar-refractivity contribution in [2.24, 2.45) is 5.29 Å². The van der Waals surface area contributed by atoms with E-state index in [-0.39, 0.29) is 6.42 Å². The minimum absolute atomic E-state index is 0.217. The van der Waals surface area contributed by atoms with Crippen molar-refractivity contribution in [2.75, 3.05) is 7.05 Å². The number of hydrogen-bond acceptors (Lipinski definition) is 5. The Morgan fingerprint density at radius 3 is 3.00 bits per heavy atom. The molecule has 7 heteroatoms. The summed E-state index contributed by atoms with van der Waals surface area (Å²) in [6.07, 6.45) is 2.84. The maximum absolute atomic E-state index is 10.6. The number of aromatic nitrogens is 2. The van der Waals surface area contributed by atoms with Gasteiger partial charge < -0.3 is 10.4 Å². The van der Waals surface area contributed by atoms with Crippen LogP contribution in [-0.2, 0) is 11.2 Å². The van der Waals surface area contributed by atoms with Gasteiger partial charge in [-0.05, 0) is 7.05 Å². The predicted octanol–water partition coefficient (Wildman–Crippen LogP) is -0.372. The van der Waals surface area contributed by atoms with Crippen molar-refractivity contribution in [3.63, 3.8) is 0 Å². The van der Waals surface area contributed by atoms with Gasteiger partial charge in [-0.1, -0.05) is 0 Å². The first-order valence-electron chi connectivity index (χ1n) is 3.94. The molecule has 0 fully saturated rings. The normalized spacial score (nSPS) is 12.4. The predicted molar refractivity (Wildman–Crippen MR) is 47.6 cm³/mol. The zero-order valence-corrected chi connectivity index (χ0v) is 7.54. The number of carboxylic acid groups (broad SMARTS) is 1. The van der Waals surface area contributed by atoms with Crippen LogP contribution < -0.4 is 5.32 Å². The minimum atomic E-state index is -0.957. The van der Waals surface area contributed by atoms with E-state index >= 15 is 0 Å². The molecule has 76 valence electrons. The zero-order chi connectivity index (χ0) is 10.6. The molecule has 1 aromatic rings. The van der Waals surface area contributed by atoms with Crippen molar-refractivity contribution in [1.29, 1.82) is 0 Å². The van der Waals surface area contributed by atoms with Crippen LogP contribution in [0, 0.1) is 4.91 Å². The van der Waals surface area contributed by atoms with Gasteiger partial charge in [0.25, 0.3) is 0 Å². The smallest absolute Gasteiger partial charge is 0.321 e. The molecule has 0 bridgehead atoms. The Morgan fingerprint density at radius 1 is 1.86 bits per heavy atom. The molecule has 0 amide bonds. The van der Waals surface area contributed by atoms with E-state index in [0.29, 0.717) is 5.69 Å². The lowest BCUT2D eigenvalue weighted by molar-refractivity contribution is -0.139. The van der Waals surface area contributed by atoms with E-state index < -0.39 is 12.0 Å². The van der Waals surface area contributed by atoms with E-state index in [9.17, 15) is 9.70 Å². The van der Waals surface area contributed by atoms with Crippen LogP contribution in [0.25, 0.3) is 0 Å². The highest BCUT2D eigenvalue weighted by atomic mass is 16.4. The Hall–Kier alpha value is -1.76. The highest BCUT2D eigenvalue weighted by Gasteiger charge is 2.16. The third-order valence-electron chi connectivity index (χ3n) is 1.78. The Labute approximate surface area is 79.7 Å². The van der Waals surface area contributed by atoms with E-state index in [2.05, 4.69) is 15.6 Å². The molecule has 14 heavy (non-hydrogen) atoms. The van der Waals surface area contributed by atoms with Crippen molar-refractivity contribution in [3.05, 3.63) is 23.1 Å². The molecular formula is C7H10N4O3. The number of imidazole rings is 1. The molecule has 0 radical (unpaired) electrons. The van der Waals surface area contributed by atoms with Gasteiger partial charge in [-0.15, -0.1) is 4.91 Å². The van der Waals surface area contributed by atoms with E-state index in [1.165, 1.54) is 12.5 Å². The first-order valence-corrected chi connectivity index (χ1v) is 3.94.